The standard InChI is InChI=1S/C19H29N/c1-2-3-14-20-15-12-19(13-16-20)11-7-6-9-17-8-4-5-10-18(17)19/h4-5,8,10H,2-3,6-7,9,11-16H2,1H3. The fourth-order valence-electron chi connectivity index (χ4n) is 4.27. The Morgan fingerprint density at radius 3 is 2.65 bits per heavy atom. The second-order valence-electron chi connectivity index (χ2n) is 6.84. The van der Waals surface area contributed by atoms with Crippen LogP contribution < -0.4 is 0 Å². The Morgan fingerprint density at radius 1 is 1.05 bits per heavy atom. The second kappa shape index (κ2) is 6.30. The van der Waals surface area contributed by atoms with Crippen molar-refractivity contribution in [2.75, 3.05) is 19.6 Å². The maximum absolute atomic E-state index is 2.70. The molecule has 2 aliphatic rings. The van der Waals surface area contributed by atoms with Gasteiger partial charge in [0.1, 0.15) is 0 Å². The lowest BCUT2D eigenvalue weighted by molar-refractivity contribution is 0.149. The van der Waals surface area contributed by atoms with Gasteiger partial charge in [-0.1, -0.05) is 44.0 Å². The second-order valence-corrected chi connectivity index (χ2v) is 6.84. The molecule has 1 aromatic rings. The van der Waals surface area contributed by atoms with Crippen molar-refractivity contribution in [3.8, 4) is 0 Å². The molecule has 1 nitrogen and oxygen atoms in total. The van der Waals surface area contributed by atoms with Crippen LogP contribution >= 0.6 is 0 Å². The first-order valence-electron chi connectivity index (χ1n) is 8.65. The molecule has 0 aromatic heterocycles. The summed E-state index contributed by atoms with van der Waals surface area (Å²) in [7, 11) is 0. The van der Waals surface area contributed by atoms with E-state index in [0.717, 1.165) is 0 Å². The van der Waals surface area contributed by atoms with Gasteiger partial charge < -0.3 is 4.90 Å². The molecular formula is C19H29N. The molecule has 0 N–H and O–H groups in total. The summed E-state index contributed by atoms with van der Waals surface area (Å²) < 4.78 is 0. The zero-order chi connectivity index (χ0) is 13.8. The zero-order valence-corrected chi connectivity index (χ0v) is 13.0. The molecule has 0 atom stereocenters. The fourth-order valence-corrected chi connectivity index (χ4v) is 4.27. The van der Waals surface area contributed by atoms with E-state index >= 15 is 0 Å². The number of nitrogens with zero attached hydrogens (tertiary/aromatic N) is 1. The Bertz CT molecular complexity index is 429. The zero-order valence-electron chi connectivity index (χ0n) is 13.0. The van der Waals surface area contributed by atoms with Crippen LogP contribution in [0.3, 0.4) is 0 Å². The Morgan fingerprint density at radius 2 is 1.85 bits per heavy atom. The lowest BCUT2D eigenvalue weighted by Crippen LogP contribution is -2.43. The number of hydrogen-bond acceptors (Lipinski definition) is 1. The van der Waals surface area contributed by atoms with E-state index in [-0.39, 0.29) is 0 Å². The van der Waals surface area contributed by atoms with Gasteiger partial charge in [0.15, 0.2) is 0 Å². The minimum absolute atomic E-state index is 0.510. The number of benzene rings is 1. The van der Waals surface area contributed by atoms with Gasteiger partial charge in [-0.25, -0.2) is 0 Å². The van der Waals surface area contributed by atoms with E-state index in [1.807, 2.05) is 0 Å². The summed E-state index contributed by atoms with van der Waals surface area (Å²) in [6.45, 7) is 6.24. The quantitative estimate of drug-likeness (QED) is 0.779. The predicted octanol–water partition coefficient (Wildman–Crippen LogP) is 4.55. The van der Waals surface area contributed by atoms with Gasteiger partial charge in [-0.3, -0.25) is 0 Å². The van der Waals surface area contributed by atoms with Crippen molar-refractivity contribution in [3.05, 3.63) is 35.4 Å². The van der Waals surface area contributed by atoms with Gasteiger partial charge in [-0.2, -0.15) is 0 Å². The van der Waals surface area contributed by atoms with Gasteiger partial charge in [0.25, 0.3) is 0 Å². The number of hydrogen-bond donors (Lipinski definition) is 0. The predicted molar refractivity (Wildman–Crippen MR) is 86.3 cm³/mol. The lowest BCUT2D eigenvalue weighted by atomic mass is 9.69. The van der Waals surface area contributed by atoms with E-state index in [9.17, 15) is 0 Å². The molecule has 1 heteroatoms. The topological polar surface area (TPSA) is 3.24 Å². The maximum Gasteiger partial charge on any atom is -0.00102 e. The SMILES string of the molecule is CCCCN1CCC2(CCCCc3ccccc32)CC1. The van der Waals surface area contributed by atoms with Crippen LogP contribution in [-0.4, -0.2) is 24.5 Å². The number of aryl methyl sites for hydroxylation is 1. The van der Waals surface area contributed by atoms with Crippen LogP contribution in [0.1, 0.15) is 63.0 Å². The maximum atomic E-state index is 2.70. The van der Waals surface area contributed by atoms with Crippen molar-refractivity contribution >= 4 is 0 Å². The summed E-state index contributed by atoms with van der Waals surface area (Å²) >= 11 is 0. The molecule has 0 radical (unpaired) electrons. The Labute approximate surface area is 124 Å². The highest BCUT2D eigenvalue weighted by molar-refractivity contribution is 5.36. The molecular weight excluding hydrogens is 242 g/mol. The van der Waals surface area contributed by atoms with Crippen LogP contribution in [-0.2, 0) is 11.8 Å². The van der Waals surface area contributed by atoms with Crippen molar-refractivity contribution in [2.24, 2.45) is 0 Å². The monoisotopic (exact) mass is 271 g/mol. The Balaban J connectivity index is 1.76. The molecule has 0 saturated carbocycles. The first-order valence-corrected chi connectivity index (χ1v) is 8.65. The van der Waals surface area contributed by atoms with Gasteiger partial charge >= 0.3 is 0 Å². The number of likely N-dealkylation sites (tertiary alicyclic amines) is 1. The molecule has 110 valence electrons. The minimum atomic E-state index is 0.510. The molecule has 0 amide bonds. The van der Waals surface area contributed by atoms with Crippen LogP contribution in [0.15, 0.2) is 24.3 Å². The van der Waals surface area contributed by atoms with Crippen molar-refractivity contribution in [1.82, 2.24) is 4.90 Å². The number of rotatable bonds is 3. The first kappa shape index (κ1) is 14.1. The van der Waals surface area contributed by atoms with E-state index in [4.69, 9.17) is 0 Å². The van der Waals surface area contributed by atoms with Crippen molar-refractivity contribution in [1.29, 1.82) is 0 Å². The molecule has 1 spiro atoms. The van der Waals surface area contributed by atoms with Crippen molar-refractivity contribution in [2.45, 2.75) is 63.7 Å². The minimum Gasteiger partial charge on any atom is -0.303 e. The van der Waals surface area contributed by atoms with Crippen molar-refractivity contribution in [3.63, 3.8) is 0 Å². The van der Waals surface area contributed by atoms with E-state index in [2.05, 4.69) is 36.1 Å². The molecule has 3 rings (SSSR count). The molecule has 1 saturated heterocycles. The molecule has 1 fully saturated rings. The number of piperidine rings is 1. The molecule has 1 aliphatic carbocycles. The number of fused-ring (bicyclic) bond motifs is 2. The van der Waals surface area contributed by atoms with Crippen LogP contribution in [0.4, 0.5) is 0 Å². The van der Waals surface area contributed by atoms with Crippen LogP contribution in [0.2, 0.25) is 0 Å². The summed E-state index contributed by atoms with van der Waals surface area (Å²) in [6.07, 6.45) is 11.0. The van der Waals surface area contributed by atoms with E-state index in [1.165, 1.54) is 71.0 Å². The Hall–Kier alpha value is -0.820. The average molecular weight is 271 g/mol. The molecule has 0 bridgehead atoms. The first-order chi connectivity index (χ1) is 9.84. The van der Waals surface area contributed by atoms with E-state index in [1.54, 1.807) is 11.1 Å². The molecule has 1 aromatic carbocycles. The van der Waals surface area contributed by atoms with E-state index in [0.29, 0.717) is 5.41 Å². The molecule has 20 heavy (non-hydrogen) atoms. The normalized spacial score (nSPS) is 22.4. The summed E-state index contributed by atoms with van der Waals surface area (Å²) in [5.41, 5.74) is 3.86. The third kappa shape index (κ3) is 2.79. The van der Waals surface area contributed by atoms with Crippen LogP contribution in [0, 0.1) is 0 Å². The number of unbranched alkanes of at least 4 members (excludes halogenated alkanes) is 1. The van der Waals surface area contributed by atoms with Gasteiger partial charge in [0.05, 0.1) is 0 Å². The summed E-state index contributed by atoms with van der Waals surface area (Å²) in [5.74, 6) is 0. The highest BCUT2D eigenvalue weighted by Gasteiger charge is 2.37. The highest BCUT2D eigenvalue weighted by atomic mass is 15.1. The largest absolute Gasteiger partial charge is 0.303 e. The summed E-state index contributed by atoms with van der Waals surface area (Å²) in [6, 6.07) is 9.30. The van der Waals surface area contributed by atoms with Crippen LogP contribution in [0.5, 0.6) is 0 Å². The highest BCUT2D eigenvalue weighted by Crippen LogP contribution is 2.43. The van der Waals surface area contributed by atoms with Crippen LogP contribution in [0.25, 0.3) is 0 Å². The fraction of sp³-hybridized carbons (Fsp3) is 0.684. The van der Waals surface area contributed by atoms with Gasteiger partial charge in [0.2, 0.25) is 0 Å². The average Bonchev–Trinajstić information content (AvgIpc) is 2.68. The molecule has 1 heterocycles. The summed E-state index contributed by atoms with van der Waals surface area (Å²) in [5, 5.41) is 0. The molecule has 1 aliphatic heterocycles. The Kier molecular flexibility index (Phi) is 4.45. The van der Waals surface area contributed by atoms with Gasteiger partial charge in [-0.05, 0) is 74.7 Å². The smallest absolute Gasteiger partial charge is 0.00102 e. The van der Waals surface area contributed by atoms with Gasteiger partial charge in [0, 0.05) is 0 Å². The lowest BCUT2D eigenvalue weighted by Gasteiger charge is -2.42. The summed E-state index contributed by atoms with van der Waals surface area (Å²) in [4.78, 5) is 2.70. The molecule has 0 unspecified atom stereocenters. The van der Waals surface area contributed by atoms with Gasteiger partial charge in [-0.15, -0.1) is 0 Å². The van der Waals surface area contributed by atoms with E-state index < -0.39 is 0 Å². The third-order valence-corrected chi connectivity index (χ3v) is 5.58. The third-order valence-electron chi connectivity index (χ3n) is 5.58. The van der Waals surface area contributed by atoms with Crippen molar-refractivity contribution < 1.29 is 0 Å².